The van der Waals surface area contributed by atoms with E-state index in [9.17, 15) is 4.79 Å². The monoisotopic (exact) mass is 392 g/mol. The summed E-state index contributed by atoms with van der Waals surface area (Å²) in [4.78, 5) is 19.1. The quantitative estimate of drug-likeness (QED) is 0.629. The van der Waals surface area contributed by atoms with Crippen molar-refractivity contribution >= 4 is 28.8 Å². The Morgan fingerprint density at radius 2 is 1.52 bits per heavy atom. The number of benzene rings is 2. The molecule has 0 saturated carbocycles. The number of nitrogens with one attached hydrogen (secondary N) is 2. The molecule has 0 fully saturated rings. The summed E-state index contributed by atoms with van der Waals surface area (Å²) in [6.45, 7) is 0. The van der Waals surface area contributed by atoms with Gasteiger partial charge in [0.05, 0.1) is 26.1 Å². The third-order valence-corrected chi connectivity index (χ3v) is 4.33. The Kier molecular flexibility index (Phi) is 6.19. The van der Waals surface area contributed by atoms with E-state index in [1.165, 1.54) is 14.2 Å². The van der Waals surface area contributed by atoms with Gasteiger partial charge in [-0.1, -0.05) is 6.07 Å². The number of aromatic nitrogens is 1. The van der Waals surface area contributed by atoms with Gasteiger partial charge in [-0.15, -0.1) is 0 Å². The van der Waals surface area contributed by atoms with Crippen molar-refractivity contribution in [2.75, 3.05) is 43.8 Å². The van der Waals surface area contributed by atoms with Crippen molar-refractivity contribution in [3.05, 3.63) is 66.4 Å². The summed E-state index contributed by atoms with van der Waals surface area (Å²) in [5, 5.41) is 6.06. The van der Waals surface area contributed by atoms with Crippen molar-refractivity contribution in [3.63, 3.8) is 0 Å². The Morgan fingerprint density at radius 1 is 0.897 bits per heavy atom. The summed E-state index contributed by atoms with van der Waals surface area (Å²) < 4.78 is 10.6. The first-order valence-electron chi connectivity index (χ1n) is 9.04. The third-order valence-electron chi connectivity index (χ3n) is 4.33. The first kappa shape index (κ1) is 20.0. The van der Waals surface area contributed by atoms with Gasteiger partial charge in [0.2, 0.25) is 0 Å². The van der Waals surface area contributed by atoms with E-state index in [1.54, 1.807) is 30.5 Å². The molecule has 1 heterocycles. The molecule has 150 valence electrons. The van der Waals surface area contributed by atoms with Crippen molar-refractivity contribution in [1.29, 1.82) is 0 Å². The zero-order valence-electron chi connectivity index (χ0n) is 16.9. The number of rotatable bonds is 7. The van der Waals surface area contributed by atoms with Crippen molar-refractivity contribution in [1.82, 2.24) is 4.98 Å². The largest absolute Gasteiger partial charge is 0.496 e. The minimum atomic E-state index is -0.355. The molecule has 0 atom stereocenters. The molecular weight excluding hydrogens is 368 g/mol. The van der Waals surface area contributed by atoms with Crippen LogP contribution in [0.1, 0.15) is 10.4 Å². The summed E-state index contributed by atoms with van der Waals surface area (Å²) in [7, 11) is 7.02. The van der Waals surface area contributed by atoms with Gasteiger partial charge in [-0.25, -0.2) is 4.98 Å². The Labute approximate surface area is 170 Å². The van der Waals surface area contributed by atoms with Gasteiger partial charge in [0.25, 0.3) is 5.91 Å². The average molecular weight is 392 g/mol. The van der Waals surface area contributed by atoms with Crippen LogP contribution in [0.25, 0.3) is 0 Å². The summed E-state index contributed by atoms with van der Waals surface area (Å²) in [6.07, 6.45) is 1.66. The van der Waals surface area contributed by atoms with E-state index in [1.807, 2.05) is 49.3 Å². The minimum absolute atomic E-state index is 0.322. The summed E-state index contributed by atoms with van der Waals surface area (Å²) >= 11 is 0. The van der Waals surface area contributed by atoms with Crippen LogP contribution < -0.4 is 25.0 Å². The number of nitrogens with zero attached hydrogens (tertiary/aromatic N) is 2. The number of pyridine rings is 1. The molecule has 7 nitrogen and oxygen atoms in total. The average Bonchev–Trinajstić information content (AvgIpc) is 2.74. The van der Waals surface area contributed by atoms with Crippen LogP contribution in [0.5, 0.6) is 11.5 Å². The van der Waals surface area contributed by atoms with E-state index in [0.29, 0.717) is 22.9 Å². The van der Waals surface area contributed by atoms with Gasteiger partial charge in [-0.05, 0) is 48.5 Å². The number of hydrogen-bond donors (Lipinski definition) is 2. The van der Waals surface area contributed by atoms with Crippen molar-refractivity contribution in [2.24, 2.45) is 0 Å². The highest BCUT2D eigenvalue weighted by Gasteiger charge is 2.18. The maximum atomic E-state index is 12.7. The van der Waals surface area contributed by atoms with Crippen LogP contribution >= 0.6 is 0 Å². The van der Waals surface area contributed by atoms with Crippen LogP contribution in [0.2, 0.25) is 0 Å². The standard InChI is InChI=1S/C22H24N4O3/c1-26(2)17-11-8-15(9-12-17)24-16-10-13-20(23-14-16)25-22(27)21-18(28-3)6-5-7-19(21)29-4/h5-14,24H,1-4H3,(H,23,25,27). The van der Waals surface area contributed by atoms with Crippen molar-refractivity contribution < 1.29 is 14.3 Å². The lowest BCUT2D eigenvalue weighted by Crippen LogP contribution is -2.15. The molecule has 2 aromatic carbocycles. The molecule has 0 bridgehead atoms. The zero-order valence-corrected chi connectivity index (χ0v) is 16.9. The summed E-state index contributed by atoms with van der Waals surface area (Å²) in [5.74, 6) is 0.936. The Hall–Kier alpha value is -3.74. The third kappa shape index (κ3) is 4.76. The number of ether oxygens (including phenoxy) is 2. The summed E-state index contributed by atoms with van der Waals surface area (Å²) in [6, 6.07) is 16.8. The second kappa shape index (κ2) is 8.97. The smallest absolute Gasteiger partial charge is 0.264 e. The fourth-order valence-corrected chi connectivity index (χ4v) is 2.81. The maximum Gasteiger partial charge on any atom is 0.264 e. The molecule has 0 unspecified atom stereocenters. The molecule has 0 spiro atoms. The topological polar surface area (TPSA) is 75.7 Å². The molecule has 29 heavy (non-hydrogen) atoms. The molecule has 1 amide bonds. The normalized spacial score (nSPS) is 10.2. The molecular formula is C22H24N4O3. The summed E-state index contributed by atoms with van der Waals surface area (Å²) in [5.41, 5.74) is 3.21. The lowest BCUT2D eigenvalue weighted by Gasteiger charge is -2.14. The van der Waals surface area contributed by atoms with Crippen LogP contribution in [0.3, 0.4) is 0 Å². The second-order valence-corrected chi connectivity index (χ2v) is 6.49. The molecule has 2 N–H and O–H groups in total. The Morgan fingerprint density at radius 3 is 2.03 bits per heavy atom. The number of anilines is 4. The van der Waals surface area contributed by atoms with Crippen molar-refractivity contribution in [2.45, 2.75) is 0 Å². The first-order chi connectivity index (χ1) is 14.0. The lowest BCUT2D eigenvalue weighted by atomic mass is 10.1. The molecule has 7 heteroatoms. The van der Waals surface area contributed by atoms with Crippen LogP contribution in [0, 0.1) is 0 Å². The SMILES string of the molecule is COc1cccc(OC)c1C(=O)Nc1ccc(Nc2ccc(N(C)C)cc2)cn1. The van der Waals surface area contributed by atoms with E-state index < -0.39 is 0 Å². The van der Waals surface area contributed by atoms with E-state index in [0.717, 1.165) is 17.1 Å². The van der Waals surface area contributed by atoms with E-state index in [4.69, 9.17) is 9.47 Å². The van der Waals surface area contributed by atoms with Crippen LogP contribution in [0.15, 0.2) is 60.8 Å². The number of carbonyl (C=O) groups is 1. The van der Waals surface area contributed by atoms with Gasteiger partial charge in [0.1, 0.15) is 22.9 Å². The zero-order chi connectivity index (χ0) is 20.8. The highest BCUT2D eigenvalue weighted by atomic mass is 16.5. The van der Waals surface area contributed by atoms with Crippen LogP contribution in [-0.4, -0.2) is 39.2 Å². The Balaban J connectivity index is 1.70. The fraction of sp³-hybridized carbons (Fsp3) is 0.182. The first-order valence-corrected chi connectivity index (χ1v) is 9.04. The van der Waals surface area contributed by atoms with Gasteiger partial charge >= 0.3 is 0 Å². The highest BCUT2D eigenvalue weighted by molar-refractivity contribution is 6.07. The van der Waals surface area contributed by atoms with Crippen molar-refractivity contribution in [3.8, 4) is 11.5 Å². The molecule has 1 aromatic heterocycles. The number of methoxy groups -OCH3 is 2. The van der Waals surface area contributed by atoms with Crippen LogP contribution in [-0.2, 0) is 0 Å². The molecule has 0 aliphatic rings. The molecule has 0 aliphatic carbocycles. The van der Waals surface area contributed by atoms with E-state index in [2.05, 4.69) is 15.6 Å². The number of amides is 1. The number of hydrogen-bond acceptors (Lipinski definition) is 6. The molecule has 3 rings (SSSR count). The lowest BCUT2D eigenvalue weighted by molar-refractivity contribution is 0.102. The van der Waals surface area contributed by atoms with Crippen LogP contribution in [0.4, 0.5) is 22.9 Å². The van der Waals surface area contributed by atoms with E-state index in [-0.39, 0.29) is 5.91 Å². The van der Waals surface area contributed by atoms with Gasteiger partial charge in [0, 0.05) is 25.5 Å². The maximum absolute atomic E-state index is 12.7. The molecule has 0 aliphatic heterocycles. The molecule has 3 aromatic rings. The van der Waals surface area contributed by atoms with Gasteiger partial charge in [-0.3, -0.25) is 4.79 Å². The molecule has 0 radical (unpaired) electrons. The van der Waals surface area contributed by atoms with Gasteiger partial charge in [0.15, 0.2) is 0 Å². The molecule has 0 saturated heterocycles. The minimum Gasteiger partial charge on any atom is -0.496 e. The fourth-order valence-electron chi connectivity index (χ4n) is 2.81. The highest BCUT2D eigenvalue weighted by Crippen LogP contribution is 2.29. The second-order valence-electron chi connectivity index (χ2n) is 6.49. The van der Waals surface area contributed by atoms with E-state index >= 15 is 0 Å². The Bertz CT molecular complexity index is 948. The predicted octanol–water partition coefficient (Wildman–Crippen LogP) is 4.16. The number of carbonyl (C=O) groups excluding carboxylic acids is 1. The van der Waals surface area contributed by atoms with Gasteiger partial charge in [-0.2, -0.15) is 0 Å². The predicted molar refractivity (Wildman–Crippen MR) is 116 cm³/mol. The van der Waals surface area contributed by atoms with Gasteiger partial charge < -0.3 is 25.0 Å².